The number of nitrogens with one attached hydrogen (secondary N) is 2. The summed E-state index contributed by atoms with van der Waals surface area (Å²) in [4.78, 5) is 38.5. The van der Waals surface area contributed by atoms with E-state index in [9.17, 15) is 14.4 Å². The van der Waals surface area contributed by atoms with E-state index < -0.39 is 11.9 Å². The maximum Gasteiger partial charge on any atom is 0.341 e. The van der Waals surface area contributed by atoms with Crippen LogP contribution in [0, 0.1) is 6.92 Å². The van der Waals surface area contributed by atoms with Crippen molar-refractivity contribution in [1.82, 2.24) is 20.6 Å². The van der Waals surface area contributed by atoms with Gasteiger partial charge in [0.15, 0.2) is 0 Å². The maximum atomic E-state index is 12.4. The van der Waals surface area contributed by atoms with Crippen molar-refractivity contribution in [3.63, 3.8) is 0 Å². The fourth-order valence-electron chi connectivity index (χ4n) is 3.52. The smallest absolute Gasteiger partial charge is 0.341 e. The molecule has 0 saturated carbocycles. The van der Waals surface area contributed by atoms with Crippen LogP contribution in [0.25, 0.3) is 5.69 Å². The van der Waals surface area contributed by atoms with Crippen LogP contribution in [0.1, 0.15) is 59.9 Å². The van der Waals surface area contributed by atoms with Crippen LogP contribution in [0.5, 0.6) is 0 Å². The highest BCUT2D eigenvalue weighted by molar-refractivity contribution is 7.14. The Morgan fingerprint density at radius 1 is 1.13 bits per heavy atom. The molecular weight excluding hydrogens is 416 g/mol. The molecule has 8 nitrogen and oxygen atoms in total. The van der Waals surface area contributed by atoms with Crippen LogP contribution in [-0.2, 0) is 17.6 Å². The van der Waals surface area contributed by atoms with Crippen LogP contribution < -0.4 is 10.9 Å². The fourth-order valence-corrected chi connectivity index (χ4v) is 4.67. The van der Waals surface area contributed by atoms with E-state index in [-0.39, 0.29) is 5.91 Å². The van der Waals surface area contributed by atoms with Crippen LogP contribution in [0.3, 0.4) is 0 Å². The number of thiophene rings is 1. The van der Waals surface area contributed by atoms with Crippen LogP contribution in [-0.4, -0.2) is 34.2 Å². The molecule has 0 unspecified atom stereocenters. The van der Waals surface area contributed by atoms with Gasteiger partial charge in [0.25, 0.3) is 11.8 Å². The van der Waals surface area contributed by atoms with Gasteiger partial charge in [0.05, 0.1) is 29.1 Å². The van der Waals surface area contributed by atoms with E-state index in [1.165, 1.54) is 28.0 Å². The normalized spacial score (nSPS) is 12.3. The van der Waals surface area contributed by atoms with Crippen LogP contribution in [0.4, 0.5) is 0 Å². The maximum absolute atomic E-state index is 12.4. The van der Waals surface area contributed by atoms with E-state index in [2.05, 4.69) is 16.0 Å². The van der Waals surface area contributed by atoms with Crippen LogP contribution in [0.2, 0.25) is 0 Å². The summed E-state index contributed by atoms with van der Waals surface area (Å²) in [5.74, 6) is -1.16. The molecule has 160 valence electrons. The van der Waals surface area contributed by atoms with E-state index in [0.717, 1.165) is 19.3 Å². The molecule has 2 amide bonds. The number of aromatic nitrogens is 2. The second-order valence-corrected chi connectivity index (χ2v) is 8.28. The quantitative estimate of drug-likeness (QED) is 0.471. The summed E-state index contributed by atoms with van der Waals surface area (Å²) in [6.45, 7) is 3.81. The van der Waals surface area contributed by atoms with Gasteiger partial charge >= 0.3 is 5.97 Å². The third kappa shape index (κ3) is 4.22. The molecule has 0 bridgehead atoms. The molecule has 3 aromatic rings. The standard InChI is InChI=1S/C22H22N4O4S/c1-3-30-22(29)17-12-23-26(13(17)2)16-9-7-14(8-10-16)20(27)24-25-21(28)19-11-15-5-4-6-18(15)31-19/h7-12H,3-6H2,1-2H3,(H,24,27)(H,25,28). The van der Waals surface area contributed by atoms with E-state index in [1.807, 2.05) is 6.07 Å². The van der Waals surface area contributed by atoms with Gasteiger partial charge in [0.1, 0.15) is 5.56 Å². The average Bonchev–Trinajstić information content (AvgIpc) is 3.47. The van der Waals surface area contributed by atoms with Gasteiger partial charge in [0, 0.05) is 10.4 Å². The molecule has 9 heteroatoms. The first-order valence-corrected chi connectivity index (χ1v) is 10.8. The van der Waals surface area contributed by atoms with Crippen molar-refractivity contribution in [2.75, 3.05) is 6.61 Å². The zero-order valence-corrected chi connectivity index (χ0v) is 18.0. The van der Waals surface area contributed by atoms with Crippen molar-refractivity contribution in [2.45, 2.75) is 33.1 Å². The molecule has 1 aliphatic carbocycles. The highest BCUT2D eigenvalue weighted by Crippen LogP contribution is 2.30. The summed E-state index contributed by atoms with van der Waals surface area (Å²) < 4.78 is 6.63. The molecule has 2 aromatic heterocycles. The third-order valence-electron chi connectivity index (χ3n) is 5.14. The SMILES string of the molecule is CCOC(=O)c1cnn(-c2ccc(C(=O)NNC(=O)c3cc4c(s3)CCC4)cc2)c1C. The largest absolute Gasteiger partial charge is 0.462 e. The van der Waals surface area contributed by atoms with Gasteiger partial charge in [-0.05, 0) is 69.0 Å². The molecule has 0 spiro atoms. The average molecular weight is 439 g/mol. The minimum absolute atomic E-state index is 0.290. The first-order chi connectivity index (χ1) is 15.0. The van der Waals surface area contributed by atoms with E-state index in [1.54, 1.807) is 42.8 Å². The predicted molar refractivity (Wildman–Crippen MR) is 116 cm³/mol. The molecule has 31 heavy (non-hydrogen) atoms. The number of hydrogen-bond donors (Lipinski definition) is 2. The van der Waals surface area contributed by atoms with Crippen molar-refractivity contribution in [2.24, 2.45) is 0 Å². The molecule has 1 aliphatic rings. The molecule has 0 saturated heterocycles. The Balaban J connectivity index is 1.39. The number of hydrogen-bond acceptors (Lipinski definition) is 6. The van der Waals surface area contributed by atoms with Gasteiger partial charge in [-0.15, -0.1) is 11.3 Å². The summed E-state index contributed by atoms with van der Waals surface area (Å²) >= 11 is 1.48. The topological polar surface area (TPSA) is 102 Å². The number of amides is 2. The number of carbonyl (C=O) groups is 3. The molecule has 2 N–H and O–H groups in total. The van der Waals surface area contributed by atoms with Gasteiger partial charge in [-0.1, -0.05) is 0 Å². The minimum Gasteiger partial charge on any atom is -0.462 e. The number of nitrogens with zero attached hydrogens (tertiary/aromatic N) is 2. The molecule has 0 fully saturated rings. The zero-order valence-electron chi connectivity index (χ0n) is 17.2. The monoisotopic (exact) mass is 438 g/mol. The summed E-state index contributed by atoms with van der Waals surface area (Å²) in [6, 6.07) is 8.59. The minimum atomic E-state index is -0.423. The lowest BCUT2D eigenvalue weighted by atomic mass is 10.2. The van der Waals surface area contributed by atoms with Crippen molar-refractivity contribution in [3.05, 3.63) is 68.7 Å². The number of carbonyl (C=O) groups excluding carboxylic acids is 3. The van der Waals surface area contributed by atoms with E-state index in [0.29, 0.717) is 34.0 Å². The van der Waals surface area contributed by atoms with Gasteiger partial charge < -0.3 is 4.74 Å². The Morgan fingerprint density at radius 3 is 2.58 bits per heavy atom. The van der Waals surface area contributed by atoms with E-state index >= 15 is 0 Å². The lowest BCUT2D eigenvalue weighted by Gasteiger charge is -2.08. The highest BCUT2D eigenvalue weighted by Gasteiger charge is 2.19. The number of hydrazine groups is 1. The number of fused-ring (bicyclic) bond motifs is 1. The Labute approximate surface area is 183 Å². The summed E-state index contributed by atoms with van der Waals surface area (Å²) in [5.41, 5.74) is 8.27. The Hall–Kier alpha value is -3.46. The lowest BCUT2D eigenvalue weighted by molar-refractivity contribution is 0.0525. The second-order valence-electron chi connectivity index (χ2n) is 7.14. The fraction of sp³-hybridized carbons (Fsp3) is 0.273. The van der Waals surface area contributed by atoms with Gasteiger partial charge in [-0.2, -0.15) is 5.10 Å². The summed E-state index contributed by atoms with van der Waals surface area (Å²) in [7, 11) is 0. The predicted octanol–water partition coefficient (Wildman–Crippen LogP) is 2.98. The summed E-state index contributed by atoms with van der Waals surface area (Å²) in [5, 5.41) is 4.24. The van der Waals surface area contributed by atoms with Crippen molar-refractivity contribution in [1.29, 1.82) is 0 Å². The number of aryl methyl sites for hydroxylation is 2. The van der Waals surface area contributed by atoms with E-state index in [4.69, 9.17) is 4.74 Å². The van der Waals surface area contributed by atoms with Crippen LogP contribution in [0.15, 0.2) is 36.5 Å². The highest BCUT2D eigenvalue weighted by atomic mass is 32.1. The molecule has 4 rings (SSSR count). The Bertz CT molecular complexity index is 1130. The molecule has 0 aliphatic heterocycles. The Kier molecular flexibility index (Phi) is 5.85. The number of rotatable bonds is 5. The number of ether oxygens (including phenoxy) is 1. The number of benzene rings is 1. The zero-order chi connectivity index (χ0) is 22.0. The molecule has 1 aromatic carbocycles. The van der Waals surface area contributed by atoms with Crippen LogP contribution >= 0.6 is 11.3 Å². The molecule has 2 heterocycles. The summed E-state index contributed by atoms with van der Waals surface area (Å²) in [6.07, 6.45) is 4.62. The number of esters is 1. The van der Waals surface area contributed by atoms with Crippen molar-refractivity contribution in [3.8, 4) is 5.69 Å². The van der Waals surface area contributed by atoms with Gasteiger partial charge in [-0.25, -0.2) is 9.48 Å². The molecule has 0 atom stereocenters. The Morgan fingerprint density at radius 2 is 1.87 bits per heavy atom. The first kappa shape index (κ1) is 20.8. The molecular formula is C22H22N4O4S. The van der Waals surface area contributed by atoms with Crippen molar-refractivity contribution >= 4 is 29.1 Å². The molecule has 0 radical (unpaired) electrons. The third-order valence-corrected chi connectivity index (χ3v) is 6.38. The first-order valence-electron chi connectivity index (χ1n) is 10.0. The van der Waals surface area contributed by atoms with Crippen molar-refractivity contribution < 1.29 is 19.1 Å². The lowest BCUT2D eigenvalue weighted by Crippen LogP contribution is -2.41. The second kappa shape index (κ2) is 8.73. The van der Waals surface area contributed by atoms with Gasteiger partial charge in [0.2, 0.25) is 0 Å². The van der Waals surface area contributed by atoms with Gasteiger partial charge in [-0.3, -0.25) is 20.4 Å².